The number of amides is 2. The minimum atomic E-state index is -0.541. The number of carbonyl (C=O) groups is 2. The maximum atomic E-state index is 11.7. The quantitative estimate of drug-likeness (QED) is 0.748. The van der Waals surface area contributed by atoms with E-state index in [0.717, 1.165) is 0 Å². The van der Waals surface area contributed by atoms with Crippen molar-refractivity contribution in [2.75, 3.05) is 17.7 Å². The normalized spacial score (nSPS) is 11.6. The van der Waals surface area contributed by atoms with E-state index >= 15 is 0 Å². The molecule has 0 saturated heterocycles. The Morgan fingerprint density at radius 1 is 1.37 bits per heavy atom. The minimum Gasteiger partial charge on any atom is -0.494 e. The molecule has 19 heavy (non-hydrogen) atoms. The van der Waals surface area contributed by atoms with Gasteiger partial charge < -0.3 is 21.1 Å². The third-order valence-electron chi connectivity index (χ3n) is 2.56. The number of anilines is 2. The molecule has 0 heterocycles. The zero-order valence-corrected chi connectivity index (χ0v) is 11.3. The number of ether oxygens (including phenoxy) is 1. The predicted octanol–water partition coefficient (Wildman–Crippen LogP) is 1.33. The van der Waals surface area contributed by atoms with Crippen molar-refractivity contribution in [1.82, 2.24) is 0 Å². The Morgan fingerprint density at radius 3 is 2.58 bits per heavy atom. The summed E-state index contributed by atoms with van der Waals surface area (Å²) in [6.45, 7) is 3.25. The second-order valence-electron chi connectivity index (χ2n) is 4.10. The topological polar surface area (TPSA) is 93.5 Å². The van der Waals surface area contributed by atoms with Gasteiger partial charge in [-0.2, -0.15) is 0 Å². The van der Waals surface area contributed by atoms with Crippen molar-refractivity contribution in [3.63, 3.8) is 0 Å². The van der Waals surface area contributed by atoms with E-state index in [1.54, 1.807) is 18.2 Å². The summed E-state index contributed by atoms with van der Waals surface area (Å²) in [4.78, 5) is 22.7. The Kier molecular flexibility index (Phi) is 5.32. The molecule has 1 aromatic carbocycles. The van der Waals surface area contributed by atoms with Crippen molar-refractivity contribution >= 4 is 23.2 Å². The number of carbonyl (C=O) groups excluding carboxylic acids is 2. The summed E-state index contributed by atoms with van der Waals surface area (Å²) in [5.41, 5.74) is 6.75. The van der Waals surface area contributed by atoms with Gasteiger partial charge in [-0.25, -0.2) is 0 Å². The van der Waals surface area contributed by atoms with E-state index in [2.05, 4.69) is 10.6 Å². The first kappa shape index (κ1) is 15.0. The molecule has 0 aliphatic heterocycles. The standard InChI is InChI=1S/C13H19N3O3/c1-4-10(14)13(18)16-9-5-6-11(15-8(2)17)12(7-9)19-3/h5-7,10H,4,14H2,1-3H3,(H,15,17)(H,16,18). The van der Waals surface area contributed by atoms with Crippen LogP contribution in [0, 0.1) is 0 Å². The molecule has 1 unspecified atom stereocenters. The first-order chi connectivity index (χ1) is 8.97. The zero-order valence-electron chi connectivity index (χ0n) is 11.3. The smallest absolute Gasteiger partial charge is 0.241 e. The fourth-order valence-electron chi connectivity index (χ4n) is 1.48. The van der Waals surface area contributed by atoms with Gasteiger partial charge in [-0.15, -0.1) is 0 Å². The number of methoxy groups -OCH3 is 1. The van der Waals surface area contributed by atoms with Crippen molar-refractivity contribution in [3.8, 4) is 5.75 Å². The van der Waals surface area contributed by atoms with Gasteiger partial charge in [-0.1, -0.05) is 6.92 Å². The van der Waals surface area contributed by atoms with Gasteiger partial charge in [-0.3, -0.25) is 9.59 Å². The second kappa shape index (κ2) is 6.75. The van der Waals surface area contributed by atoms with Gasteiger partial charge in [0, 0.05) is 18.7 Å². The fourth-order valence-corrected chi connectivity index (χ4v) is 1.48. The lowest BCUT2D eigenvalue weighted by molar-refractivity contribution is -0.117. The summed E-state index contributed by atoms with van der Waals surface area (Å²) in [6.07, 6.45) is 0.562. The van der Waals surface area contributed by atoms with Gasteiger partial charge in [0.15, 0.2) is 0 Å². The highest BCUT2D eigenvalue weighted by molar-refractivity contribution is 5.96. The van der Waals surface area contributed by atoms with Crippen LogP contribution in [0.1, 0.15) is 20.3 Å². The highest BCUT2D eigenvalue weighted by Gasteiger charge is 2.12. The number of hydrogen-bond acceptors (Lipinski definition) is 4. The van der Waals surface area contributed by atoms with E-state index in [1.165, 1.54) is 14.0 Å². The third kappa shape index (κ3) is 4.26. The van der Waals surface area contributed by atoms with Crippen LogP contribution in [0.15, 0.2) is 18.2 Å². The van der Waals surface area contributed by atoms with Crippen LogP contribution in [-0.2, 0) is 9.59 Å². The Morgan fingerprint density at radius 2 is 2.05 bits per heavy atom. The van der Waals surface area contributed by atoms with E-state index in [9.17, 15) is 9.59 Å². The minimum absolute atomic E-state index is 0.192. The number of rotatable bonds is 5. The largest absolute Gasteiger partial charge is 0.494 e. The van der Waals surface area contributed by atoms with Gasteiger partial charge in [0.25, 0.3) is 0 Å². The molecule has 1 aromatic rings. The average Bonchev–Trinajstić information content (AvgIpc) is 2.38. The Balaban J connectivity index is 2.87. The van der Waals surface area contributed by atoms with E-state index in [1.807, 2.05) is 6.92 Å². The lowest BCUT2D eigenvalue weighted by Gasteiger charge is -2.13. The molecule has 0 aromatic heterocycles. The summed E-state index contributed by atoms with van der Waals surface area (Å²) < 4.78 is 5.16. The molecule has 0 saturated carbocycles. The van der Waals surface area contributed by atoms with E-state index in [0.29, 0.717) is 23.5 Å². The van der Waals surface area contributed by atoms with Crippen LogP contribution in [-0.4, -0.2) is 25.0 Å². The number of hydrogen-bond donors (Lipinski definition) is 3. The van der Waals surface area contributed by atoms with Gasteiger partial charge in [0.2, 0.25) is 11.8 Å². The van der Waals surface area contributed by atoms with Gasteiger partial charge in [0.05, 0.1) is 18.8 Å². The molecule has 104 valence electrons. The molecule has 0 bridgehead atoms. The summed E-state index contributed by atoms with van der Waals surface area (Å²) >= 11 is 0. The van der Waals surface area contributed by atoms with E-state index in [-0.39, 0.29) is 11.8 Å². The summed E-state index contributed by atoms with van der Waals surface area (Å²) in [6, 6.07) is 4.42. The molecule has 0 aliphatic carbocycles. The third-order valence-corrected chi connectivity index (χ3v) is 2.56. The molecule has 0 radical (unpaired) electrons. The lowest BCUT2D eigenvalue weighted by atomic mass is 10.2. The summed E-state index contributed by atoms with van der Waals surface area (Å²) in [5.74, 6) is 0.0259. The van der Waals surface area contributed by atoms with Gasteiger partial charge in [0.1, 0.15) is 5.75 Å². The molecule has 0 spiro atoms. The number of nitrogens with one attached hydrogen (secondary N) is 2. The van der Waals surface area contributed by atoms with E-state index in [4.69, 9.17) is 10.5 Å². The SMILES string of the molecule is CCC(N)C(=O)Nc1ccc(NC(C)=O)c(OC)c1. The molecular weight excluding hydrogens is 246 g/mol. The molecule has 1 atom stereocenters. The average molecular weight is 265 g/mol. The molecule has 4 N–H and O–H groups in total. The maximum Gasteiger partial charge on any atom is 0.241 e. The molecule has 2 amide bonds. The molecule has 6 nitrogen and oxygen atoms in total. The fraction of sp³-hybridized carbons (Fsp3) is 0.385. The van der Waals surface area contributed by atoms with Crippen LogP contribution >= 0.6 is 0 Å². The number of benzene rings is 1. The van der Waals surface area contributed by atoms with Crippen molar-refractivity contribution in [3.05, 3.63) is 18.2 Å². The summed E-state index contributed by atoms with van der Waals surface area (Å²) in [5, 5.41) is 5.33. The predicted molar refractivity (Wildman–Crippen MR) is 74.2 cm³/mol. The molecule has 6 heteroatoms. The molecule has 0 fully saturated rings. The van der Waals surface area contributed by atoms with Crippen molar-refractivity contribution in [2.45, 2.75) is 26.3 Å². The van der Waals surface area contributed by atoms with Crippen molar-refractivity contribution < 1.29 is 14.3 Å². The zero-order chi connectivity index (χ0) is 14.4. The Bertz CT molecular complexity index is 474. The second-order valence-corrected chi connectivity index (χ2v) is 4.10. The van der Waals surface area contributed by atoms with Crippen LogP contribution in [0.2, 0.25) is 0 Å². The molecule has 1 rings (SSSR count). The van der Waals surface area contributed by atoms with Gasteiger partial charge in [-0.05, 0) is 18.6 Å². The first-order valence-electron chi connectivity index (χ1n) is 6.00. The lowest BCUT2D eigenvalue weighted by Crippen LogP contribution is -2.34. The summed E-state index contributed by atoms with van der Waals surface area (Å²) in [7, 11) is 1.49. The highest BCUT2D eigenvalue weighted by atomic mass is 16.5. The monoisotopic (exact) mass is 265 g/mol. The van der Waals surface area contributed by atoms with E-state index < -0.39 is 6.04 Å². The highest BCUT2D eigenvalue weighted by Crippen LogP contribution is 2.27. The van der Waals surface area contributed by atoms with Crippen LogP contribution in [0.4, 0.5) is 11.4 Å². The van der Waals surface area contributed by atoms with Crippen molar-refractivity contribution in [2.24, 2.45) is 5.73 Å². The maximum absolute atomic E-state index is 11.7. The van der Waals surface area contributed by atoms with Crippen molar-refractivity contribution in [1.29, 1.82) is 0 Å². The van der Waals surface area contributed by atoms with Crippen LogP contribution in [0.25, 0.3) is 0 Å². The molecule has 0 aliphatic rings. The Labute approximate surface area is 112 Å². The van der Waals surface area contributed by atoms with Crippen LogP contribution < -0.4 is 21.1 Å². The van der Waals surface area contributed by atoms with Crippen LogP contribution in [0.5, 0.6) is 5.75 Å². The number of nitrogens with two attached hydrogens (primary N) is 1. The Hall–Kier alpha value is -2.08. The molecular formula is C13H19N3O3. The first-order valence-corrected chi connectivity index (χ1v) is 6.00. The van der Waals surface area contributed by atoms with Crippen LogP contribution in [0.3, 0.4) is 0 Å². The van der Waals surface area contributed by atoms with Gasteiger partial charge >= 0.3 is 0 Å².